The number of nitrogens with zero attached hydrogens (tertiary/aromatic N) is 4. The van der Waals surface area contributed by atoms with E-state index < -0.39 is 0 Å². The van der Waals surface area contributed by atoms with Gasteiger partial charge in [0.1, 0.15) is 5.82 Å². The molecule has 7 heteroatoms. The predicted octanol–water partition coefficient (Wildman–Crippen LogP) is 4.61. The van der Waals surface area contributed by atoms with Gasteiger partial charge in [0.2, 0.25) is 10.8 Å². The van der Waals surface area contributed by atoms with Gasteiger partial charge in [-0.1, -0.05) is 53.3 Å². The summed E-state index contributed by atoms with van der Waals surface area (Å²) < 4.78 is 1.52. The number of benzene rings is 2. The van der Waals surface area contributed by atoms with E-state index in [-0.39, 0.29) is 11.9 Å². The molecule has 136 valence electrons. The Balaban J connectivity index is 1.71. The van der Waals surface area contributed by atoms with E-state index in [9.17, 15) is 5.11 Å². The van der Waals surface area contributed by atoms with E-state index >= 15 is 0 Å². The summed E-state index contributed by atoms with van der Waals surface area (Å²) in [5.74, 6) is 0.791. The van der Waals surface area contributed by atoms with Crippen molar-refractivity contribution >= 4 is 33.6 Å². The summed E-state index contributed by atoms with van der Waals surface area (Å²) in [6.07, 6.45) is 0.980. The van der Waals surface area contributed by atoms with E-state index in [4.69, 9.17) is 11.6 Å². The van der Waals surface area contributed by atoms with Gasteiger partial charge in [0.05, 0.1) is 10.9 Å². The predicted molar refractivity (Wildman–Crippen MR) is 108 cm³/mol. The van der Waals surface area contributed by atoms with Crippen LogP contribution < -0.4 is 4.90 Å². The van der Waals surface area contributed by atoms with Crippen LogP contribution in [-0.2, 0) is 6.42 Å². The number of hydrogen-bond acceptors (Lipinski definition) is 5. The number of aromatic hydroxyl groups is 1. The van der Waals surface area contributed by atoms with Gasteiger partial charge in [-0.15, -0.1) is 5.10 Å². The number of fused-ring (bicyclic) bond motifs is 2. The molecule has 0 amide bonds. The molecule has 27 heavy (non-hydrogen) atoms. The minimum atomic E-state index is -0.152. The number of para-hydroxylation sites is 1. The molecule has 0 aliphatic carbocycles. The van der Waals surface area contributed by atoms with Crippen LogP contribution in [-0.4, -0.2) is 26.2 Å². The number of aromatic nitrogens is 3. The maximum Gasteiger partial charge on any atom is 0.230 e. The van der Waals surface area contributed by atoms with Crippen LogP contribution in [0.2, 0.25) is 5.02 Å². The van der Waals surface area contributed by atoms with Crippen LogP contribution in [0.3, 0.4) is 0 Å². The molecule has 1 N–H and O–H groups in total. The molecule has 5 nitrogen and oxygen atoms in total. The third-order valence-corrected chi connectivity index (χ3v) is 6.26. The molecule has 1 atom stereocenters. The molecular formula is C20H17ClN4OS. The minimum Gasteiger partial charge on any atom is -0.492 e. The zero-order valence-corrected chi connectivity index (χ0v) is 16.2. The maximum absolute atomic E-state index is 10.9. The van der Waals surface area contributed by atoms with Crippen molar-refractivity contribution in [2.24, 2.45) is 0 Å². The van der Waals surface area contributed by atoms with Gasteiger partial charge in [0.25, 0.3) is 0 Å². The Bertz CT molecular complexity index is 1150. The van der Waals surface area contributed by atoms with Gasteiger partial charge < -0.3 is 10.0 Å². The van der Waals surface area contributed by atoms with Crippen LogP contribution in [0.25, 0.3) is 4.96 Å². The molecule has 2 aromatic heterocycles. The Kier molecular flexibility index (Phi) is 3.84. The lowest BCUT2D eigenvalue weighted by atomic mass is 10.0. The highest BCUT2D eigenvalue weighted by atomic mass is 35.5. The first kappa shape index (κ1) is 16.6. The molecular weight excluding hydrogens is 380 g/mol. The smallest absolute Gasteiger partial charge is 0.230 e. The second kappa shape index (κ2) is 6.25. The first-order chi connectivity index (χ1) is 13.1. The number of anilines is 1. The highest BCUT2D eigenvalue weighted by Crippen LogP contribution is 2.44. The SMILES string of the molecule is Cc1nc2sc(C(c3cccc(Cl)c3)N3CCc4ccccc43)c(O)n2n1. The molecule has 5 rings (SSSR count). The normalized spacial score (nSPS) is 14.7. The third-order valence-electron chi connectivity index (χ3n) is 4.95. The maximum atomic E-state index is 10.9. The summed E-state index contributed by atoms with van der Waals surface area (Å²) in [5, 5.41) is 15.9. The molecule has 0 bridgehead atoms. The zero-order chi connectivity index (χ0) is 18.5. The topological polar surface area (TPSA) is 53.7 Å². The molecule has 1 aliphatic rings. The first-order valence-electron chi connectivity index (χ1n) is 8.77. The second-order valence-electron chi connectivity index (χ2n) is 6.67. The lowest BCUT2D eigenvalue weighted by Gasteiger charge is -2.30. The molecule has 3 heterocycles. The number of thiazole rings is 1. The highest BCUT2D eigenvalue weighted by Gasteiger charge is 2.33. The Hall–Kier alpha value is -2.57. The van der Waals surface area contributed by atoms with Gasteiger partial charge in [0.15, 0.2) is 0 Å². The van der Waals surface area contributed by atoms with Gasteiger partial charge in [0, 0.05) is 17.3 Å². The lowest BCUT2D eigenvalue weighted by Crippen LogP contribution is -2.27. The quantitative estimate of drug-likeness (QED) is 0.549. The zero-order valence-electron chi connectivity index (χ0n) is 14.6. The van der Waals surface area contributed by atoms with Crippen LogP contribution >= 0.6 is 22.9 Å². The lowest BCUT2D eigenvalue weighted by molar-refractivity contribution is 0.430. The summed E-state index contributed by atoms with van der Waals surface area (Å²) in [7, 11) is 0. The van der Waals surface area contributed by atoms with Crippen molar-refractivity contribution in [1.82, 2.24) is 14.6 Å². The summed E-state index contributed by atoms with van der Waals surface area (Å²) in [6, 6.07) is 16.1. The highest BCUT2D eigenvalue weighted by molar-refractivity contribution is 7.17. The van der Waals surface area contributed by atoms with Crippen molar-refractivity contribution in [2.75, 3.05) is 11.4 Å². The number of rotatable bonds is 3. The minimum absolute atomic E-state index is 0.143. The number of hydrogen-bond donors (Lipinski definition) is 1. The molecule has 0 radical (unpaired) electrons. The van der Waals surface area contributed by atoms with Crippen molar-refractivity contribution in [3.8, 4) is 5.88 Å². The Morgan fingerprint density at radius 2 is 2.04 bits per heavy atom. The number of aryl methyl sites for hydroxylation is 1. The fourth-order valence-electron chi connectivity index (χ4n) is 3.81. The van der Waals surface area contributed by atoms with Crippen LogP contribution in [0.1, 0.15) is 27.9 Å². The van der Waals surface area contributed by atoms with E-state index in [1.165, 1.54) is 27.1 Å². The van der Waals surface area contributed by atoms with Crippen LogP contribution in [0.4, 0.5) is 5.69 Å². The summed E-state index contributed by atoms with van der Waals surface area (Å²) in [4.78, 5) is 8.27. The molecule has 1 aliphatic heterocycles. The van der Waals surface area contributed by atoms with Crippen molar-refractivity contribution in [2.45, 2.75) is 19.4 Å². The monoisotopic (exact) mass is 396 g/mol. The molecule has 0 fully saturated rings. The molecule has 1 unspecified atom stereocenters. The van der Waals surface area contributed by atoms with E-state index in [1.807, 2.05) is 25.1 Å². The van der Waals surface area contributed by atoms with Crippen molar-refractivity contribution in [3.05, 3.63) is 75.4 Å². The molecule has 0 saturated carbocycles. The molecule has 4 aromatic rings. The van der Waals surface area contributed by atoms with Gasteiger partial charge >= 0.3 is 0 Å². The molecule has 0 spiro atoms. The van der Waals surface area contributed by atoms with Crippen LogP contribution in [0, 0.1) is 6.92 Å². The first-order valence-corrected chi connectivity index (χ1v) is 9.96. The largest absolute Gasteiger partial charge is 0.492 e. The van der Waals surface area contributed by atoms with Crippen LogP contribution in [0.15, 0.2) is 48.5 Å². The Labute approximate surface area is 165 Å². The van der Waals surface area contributed by atoms with E-state index in [2.05, 4.69) is 45.3 Å². The average Bonchev–Trinajstić information content (AvgIpc) is 3.31. The summed E-state index contributed by atoms with van der Waals surface area (Å²) >= 11 is 7.76. The fraction of sp³-hybridized carbons (Fsp3) is 0.200. The molecule has 2 aromatic carbocycles. The van der Waals surface area contributed by atoms with Crippen LogP contribution in [0.5, 0.6) is 5.88 Å². The van der Waals surface area contributed by atoms with Gasteiger partial charge in [-0.3, -0.25) is 0 Å². The Morgan fingerprint density at radius 3 is 2.85 bits per heavy atom. The molecule has 0 saturated heterocycles. The summed E-state index contributed by atoms with van der Waals surface area (Å²) in [6.45, 7) is 2.70. The Morgan fingerprint density at radius 1 is 1.19 bits per heavy atom. The van der Waals surface area contributed by atoms with Gasteiger partial charge in [-0.2, -0.15) is 4.52 Å². The van der Waals surface area contributed by atoms with Gasteiger partial charge in [-0.05, 0) is 42.7 Å². The fourth-order valence-corrected chi connectivity index (χ4v) is 5.15. The second-order valence-corrected chi connectivity index (χ2v) is 8.12. The van der Waals surface area contributed by atoms with Crippen molar-refractivity contribution < 1.29 is 5.11 Å². The van der Waals surface area contributed by atoms with E-state index in [1.54, 1.807) is 0 Å². The summed E-state index contributed by atoms with van der Waals surface area (Å²) in [5.41, 5.74) is 3.55. The van der Waals surface area contributed by atoms with Crippen molar-refractivity contribution in [1.29, 1.82) is 0 Å². The van der Waals surface area contributed by atoms with E-state index in [0.29, 0.717) is 15.8 Å². The van der Waals surface area contributed by atoms with Gasteiger partial charge in [-0.25, -0.2) is 4.98 Å². The average molecular weight is 397 g/mol. The number of halogens is 1. The third kappa shape index (κ3) is 2.67. The van der Waals surface area contributed by atoms with E-state index in [0.717, 1.165) is 23.4 Å². The van der Waals surface area contributed by atoms with Crippen molar-refractivity contribution in [3.63, 3.8) is 0 Å². The standard InChI is InChI=1S/C20H17ClN4OS/c1-12-22-20-25(23-12)19(26)18(27-20)17(14-6-4-7-15(21)11-14)24-10-9-13-5-2-3-8-16(13)24/h2-8,11,17,26H,9-10H2,1H3.